The van der Waals surface area contributed by atoms with Gasteiger partial charge in [0.15, 0.2) is 11.6 Å². The molecule has 8 heteroatoms. The number of rotatable bonds is 3. The zero-order chi connectivity index (χ0) is 15.6. The summed E-state index contributed by atoms with van der Waals surface area (Å²) < 4.78 is 19.0. The highest BCUT2D eigenvalue weighted by Crippen LogP contribution is 2.33. The number of hydrogen-bond acceptors (Lipinski definition) is 5. The molecule has 1 aromatic carbocycles. The minimum atomic E-state index is -0.924. The van der Waals surface area contributed by atoms with Crippen LogP contribution in [-0.2, 0) is 0 Å². The van der Waals surface area contributed by atoms with E-state index in [2.05, 4.69) is 4.98 Å². The number of halogens is 2. The molecule has 1 heterocycles. The highest BCUT2D eigenvalue weighted by Gasteiger charge is 2.18. The Labute approximate surface area is 123 Å². The number of ether oxygens (including phenoxy) is 1. The number of pyridine rings is 1. The monoisotopic (exact) mass is 307 g/mol. The molecule has 1 aromatic heterocycles. The Bertz CT molecular complexity index is 774. The fourth-order valence-corrected chi connectivity index (χ4v) is 1.80. The van der Waals surface area contributed by atoms with Crippen LogP contribution in [0, 0.1) is 34.2 Å². The molecule has 2 aromatic rings. The van der Waals surface area contributed by atoms with Crippen LogP contribution in [0.4, 0.5) is 10.1 Å². The maximum absolute atomic E-state index is 13.8. The highest BCUT2D eigenvalue weighted by molar-refractivity contribution is 6.33. The molecule has 0 amide bonds. The van der Waals surface area contributed by atoms with E-state index in [-0.39, 0.29) is 33.5 Å². The minimum absolute atomic E-state index is 0.0598. The zero-order valence-corrected chi connectivity index (χ0v) is 11.4. The van der Waals surface area contributed by atoms with Crippen molar-refractivity contribution in [1.82, 2.24) is 4.98 Å². The lowest BCUT2D eigenvalue weighted by Crippen LogP contribution is -1.97. The summed E-state index contributed by atoms with van der Waals surface area (Å²) in [4.78, 5) is 13.8. The molecule has 0 radical (unpaired) electrons. The van der Waals surface area contributed by atoms with Gasteiger partial charge in [0, 0.05) is 11.8 Å². The third-order valence-corrected chi connectivity index (χ3v) is 3.00. The SMILES string of the molecule is Cc1cc(Oc2nccc(C#N)c2Cl)c(F)cc1[N+](=O)[O-]. The fraction of sp³-hybridized carbons (Fsp3) is 0.0769. The molecule has 0 N–H and O–H groups in total. The van der Waals surface area contributed by atoms with Crippen LogP contribution in [0.3, 0.4) is 0 Å². The Morgan fingerprint density at radius 1 is 1.52 bits per heavy atom. The Kier molecular flexibility index (Phi) is 4.00. The summed E-state index contributed by atoms with van der Waals surface area (Å²) in [5.74, 6) is -1.34. The summed E-state index contributed by atoms with van der Waals surface area (Å²) in [5, 5.41) is 19.5. The van der Waals surface area contributed by atoms with Crippen LogP contribution in [0.5, 0.6) is 11.6 Å². The van der Waals surface area contributed by atoms with E-state index in [1.807, 2.05) is 6.07 Å². The van der Waals surface area contributed by atoms with Crippen molar-refractivity contribution in [2.45, 2.75) is 6.92 Å². The van der Waals surface area contributed by atoms with Crippen molar-refractivity contribution >= 4 is 17.3 Å². The molecule has 0 unspecified atom stereocenters. The summed E-state index contributed by atoms with van der Waals surface area (Å²) >= 11 is 5.89. The van der Waals surface area contributed by atoms with Gasteiger partial charge in [-0.2, -0.15) is 5.26 Å². The van der Waals surface area contributed by atoms with Crippen LogP contribution >= 0.6 is 11.6 Å². The summed E-state index contributed by atoms with van der Waals surface area (Å²) in [6.07, 6.45) is 1.29. The van der Waals surface area contributed by atoms with Gasteiger partial charge in [0.25, 0.3) is 5.69 Å². The van der Waals surface area contributed by atoms with Gasteiger partial charge in [0.1, 0.15) is 11.1 Å². The minimum Gasteiger partial charge on any atom is -0.434 e. The standard InChI is InChI=1S/C13H7ClFN3O3/c1-7-4-11(9(15)5-10(7)18(19)20)21-13-12(14)8(6-16)2-3-17-13/h2-5H,1H3. The van der Waals surface area contributed by atoms with E-state index >= 15 is 0 Å². The van der Waals surface area contributed by atoms with Crippen LogP contribution in [-0.4, -0.2) is 9.91 Å². The predicted octanol–water partition coefficient (Wildman–Crippen LogP) is 3.75. The van der Waals surface area contributed by atoms with Gasteiger partial charge in [-0.05, 0) is 19.1 Å². The van der Waals surface area contributed by atoms with Crippen LogP contribution in [0.15, 0.2) is 24.4 Å². The molecular weight excluding hydrogens is 301 g/mol. The van der Waals surface area contributed by atoms with E-state index in [0.29, 0.717) is 0 Å². The zero-order valence-electron chi connectivity index (χ0n) is 10.6. The van der Waals surface area contributed by atoms with Gasteiger partial charge < -0.3 is 4.74 Å². The first-order valence-electron chi connectivity index (χ1n) is 5.61. The Morgan fingerprint density at radius 3 is 2.86 bits per heavy atom. The van der Waals surface area contributed by atoms with Crippen molar-refractivity contribution in [3.05, 3.63) is 56.5 Å². The van der Waals surface area contributed by atoms with Crippen molar-refractivity contribution in [2.24, 2.45) is 0 Å². The number of hydrogen-bond donors (Lipinski definition) is 0. The third kappa shape index (κ3) is 2.90. The number of aromatic nitrogens is 1. The van der Waals surface area contributed by atoms with E-state index in [1.54, 1.807) is 0 Å². The van der Waals surface area contributed by atoms with Crippen LogP contribution in [0.1, 0.15) is 11.1 Å². The third-order valence-electron chi connectivity index (χ3n) is 2.63. The Morgan fingerprint density at radius 2 is 2.24 bits per heavy atom. The highest BCUT2D eigenvalue weighted by atomic mass is 35.5. The number of nitro benzene ring substituents is 1. The Balaban J connectivity index is 2.44. The fourth-order valence-electron chi connectivity index (χ4n) is 1.61. The number of nitriles is 1. The number of aryl methyl sites for hydroxylation is 1. The van der Waals surface area contributed by atoms with E-state index in [9.17, 15) is 14.5 Å². The lowest BCUT2D eigenvalue weighted by molar-refractivity contribution is -0.385. The molecular formula is C13H7ClFN3O3. The molecule has 2 rings (SSSR count). The molecule has 0 aliphatic rings. The van der Waals surface area contributed by atoms with Gasteiger partial charge in [-0.15, -0.1) is 0 Å². The molecule has 0 atom stereocenters. The first-order valence-corrected chi connectivity index (χ1v) is 5.99. The molecule has 0 aliphatic carbocycles. The molecule has 0 saturated heterocycles. The molecule has 0 spiro atoms. The summed E-state index contributed by atoms with van der Waals surface area (Å²) in [7, 11) is 0. The average molecular weight is 308 g/mol. The van der Waals surface area contributed by atoms with Crippen LogP contribution in [0.2, 0.25) is 5.02 Å². The van der Waals surface area contributed by atoms with E-state index in [1.165, 1.54) is 25.3 Å². The summed E-state index contributed by atoms with van der Waals surface area (Å²) in [6, 6.07) is 5.15. The topological polar surface area (TPSA) is 89.0 Å². The van der Waals surface area contributed by atoms with Gasteiger partial charge in [0.05, 0.1) is 16.6 Å². The number of benzene rings is 1. The summed E-state index contributed by atoms with van der Waals surface area (Å²) in [6.45, 7) is 1.45. The smallest absolute Gasteiger partial charge is 0.275 e. The normalized spacial score (nSPS) is 10.0. The second-order valence-electron chi connectivity index (χ2n) is 4.02. The molecule has 106 valence electrons. The van der Waals surface area contributed by atoms with Crippen molar-refractivity contribution in [3.63, 3.8) is 0 Å². The van der Waals surface area contributed by atoms with E-state index in [0.717, 1.165) is 6.07 Å². The Hall–Kier alpha value is -2.72. The molecule has 0 saturated carbocycles. The van der Waals surface area contributed by atoms with Crippen molar-refractivity contribution in [3.8, 4) is 17.7 Å². The molecule has 0 fully saturated rings. The maximum Gasteiger partial charge on any atom is 0.275 e. The number of nitro groups is 1. The van der Waals surface area contributed by atoms with Crippen molar-refractivity contribution in [2.75, 3.05) is 0 Å². The quantitative estimate of drug-likeness (QED) is 0.636. The lowest BCUT2D eigenvalue weighted by Gasteiger charge is -2.09. The first kappa shape index (κ1) is 14.7. The second kappa shape index (κ2) is 5.73. The van der Waals surface area contributed by atoms with Crippen molar-refractivity contribution < 1.29 is 14.1 Å². The van der Waals surface area contributed by atoms with Gasteiger partial charge in [0.2, 0.25) is 5.88 Å². The first-order chi connectivity index (χ1) is 9.93. The lowest BCUT2D eigenvalue weighted by atomic mass is 10.2. The molecule has 0 bridgehead atoms. The predicted molar refractivity (Wildman–Crippen MR) is 71.8 cm³/mol. The molecule has 21 heavy (non-hydrogen) atoms. The van der Waals surface area contributed by atoms with Gasteiger partial charge >= 0.3 is 0 Å². The van der Waals surface area contributed by atoms with E-state index < -0.39 is 10.7 Å². The summed E-state index contributed by atoms with van der Waals surface area (Å²) in [5.41, 5.74) is -0.00523. The van der Waals surface area contributed by atoms with Gasteiger partial charge in [-0.25, -0.2) is 9.37 Å². The average Bonchev–Trinajstić information content (AvgIpc) is 2.44. The van der Waals surface area contributed by atoms with Gasteiger partial charge in [-0.1, -0.05) is 11.6 Å². The van der Waals surface area contributed by atoms with Crippen LogP contribution in [0.25, 0.3) is 0 Å². The molecule has 0 aliphatic heterocycles. The van der Waals surface area contributed by atoms with Crippen LogP contribution < -0.4 is 4.74 Å². The number of nitrogens with zero attached hydrogens (tertiary/aromatic N) is 3. The second-order valence-corrected chi connectivity index (χ2v) is 4.40. The van der Waals surface area contributed by atoms with Crippen molar-refractivity contribution in [1.29, 1.82) is 5.26 Å². The van der Waals surface area contributed by atoms with Gasteiger partial charge in [-0.3, -0.25) is 10.1 Å². The van der Waals surface area contributed by atoms with E-state index in [4.69, 9.17) is 21.6 Å². The largest absolute Gasteiger partial charge is 0.434 e. The maximum atomic E-state index is 13.8. The molecule has 6 nitrogen and oxygen atoms in total.